The second kappa shape index (κ2) is 8.31. The molecule has 1 aromatic heterocycles. The largest absolute Gasteiger partial charge is 0.339 e. The van der Waals surface area contributed by atoms with Crippen molar-refractivity contribution in [1.29, 1.82) is 0 Å². The fraction of sp³-hybridized carbons (Fsp3) is 0.474. The van der Waals surface area contributed by atoms with Gasteiger partial charge in [0.25, 0.3) is 0 Å². The minimum absolute atomic E-state index is 0.0223. The summed E-state index contributed by atoms with van der Waals surface area (Å²) in [5.41, 5.74) is 7.29. The molecule has 28 heavy (non-hydrogen) atoms. The van der Waals surface area contributed by atoms with Gasteiger partial charge in [0.1, 0.15) is 5.83 Å². The van der Waals surface area contributed by atoms with E-state index in [-0.39, 0.29) is 33.2 Å². The second-order valence-corrected chi connectivity index (χ2v) is 9.66. The third-order valence-electron chi connectivity index (χ3n) is 5.13. The zero-order chi connectivity index (χ0) is 20.5. The van der Waals surface area contributed by atoms with Crippen LogP contribution in [0, 0.1) is 0 Å². The summed E-state index contributed by atoms with van der Waals surface area (Å²) >= 11 is 6.24. The first-order chi connectivity index (χ1) is 13.2. The van der Waals surface area contributed by atoms with Gasteiger partial charge >= 0.3 is 0 Å². The van der Waals surface area contributed by atoms with Crippen molar-refractivity contribution in [3.05, 3.63) is 40.5 Å². The summed E-state index contributed by atoms with van der Waals surface area (Å²) in [7, 11) is -3.37. The van der Waals surface area contributed by atoms with Crippen LogP contribution in [0.2, 0.25) is 5.02 Å². The van der Waals surface area contributed by atoms with Crippen molar-refractivity contribution in [3.63, 3.8) is 0 Å². The van der Waals surface area contributed by atoms with Gasteiger partial charge in [-0.2, -0.15) is 4.98 Å². The molecule has 0 bridgehead atoms. The number of allylic oxidation sites excluding steroid dienone is 1. The van der Waals surface area contributed by atoms with Gasteiger partial charge in [0.2, 0.25) is 11.7 Å². The average molecular weight is 428 g/mol. The smallest absolute Gasteiger partial charge is 0.231 e. The number of sulfone groups is 1. The van der Waals surface area contributed by atoms with Crippen LogP contribution < -0.4 is 5.73 Å². The van der Waals surface area contributed by atoms with Crippen molar-refractivity contribution in [2.75, 3.05) is 5.75 Å². The molecule has 2 aromatic rings. The number of nitrogens with two attached hydrogens (primary N) is 1. The first kappa shape index (κ1) is 21.0. The van der Waals surface area contributed by atoms with Gasteiger partial charge in [-0.15, -0.1) is 0 Å². The van der Waals surface area contributed by atoms with Gasteiger partial charge in [-0.25, -0.2) is 12.8 Å². The van der Waals surface area contributed by atoms with Gasteiger partial charge in [0.15, 0.2) is 9.84 Å². The maximum Gasteiger partial charge on any atom is 0.231 e. The summed E-state index contributed by atoms with van der Waals surface area (Å²) in [4.78, 5) is 4.43. The van der Waals surface area contributed by atoms with E-state index in [1.165, 1.54) is 18.2 Å². The fourth-order valence-corrected chi connectivity index (χ4v) is 4.45. The Hall–Kier alpha value is -1.77. The van der Waals surface area contributed by atoms with Gasteiger partial charge in [0, 0.05) is 5.56 Å². The zero-order valence-electron chi connectivity index (χ0n) is 15.8. The Morgan fingerprint density at radius 3 is 2.64 bits per heavy atom. The molecule has 0 amide bonds. The van der Waals surface area contributed by atoms with E-state index in [4.69, 9.17) is 21.9 Å². The summed E-state index contributed by atoms with van der Waals surface area (Å²) in [5.74, 6) is -0.415. The van der Waals surface area contributed by atoms with E-state index >= 15 is 0 Å². The molecule has 6 nitrogen and oxygen atoms in total. The molecule has 1 saturated carbocycles. The molecule has 0 spiro atoms. The summed E-state index contributed by atoms with van der Waals surface area (Å²) < 4.78 is 43.8. The van der Waals surface area contributed by atoms with Crippen molar-refractivity contribution in [1.82, 2.24) is 10.1 Å². The van der Waals surface area contributed by atoms with Crippen LogP contribution in [0.5, 0.6) is 0 Å². The van der Waals surface area contributed by atoms with Gasteiger partial charge < -0.3 is 10.3 Å². The van der Waals surface area contributed by atoms with Gasteiger partial charge in [-0.3, -0.25) is 0 Å². The van der Waals surface area contributed by atoms with Crippen LogP contribution in [-0.4, -0.2) is 30.4 Å². The number of aromatic nitrogens is 2. The predicted molar refractivity (Wildman–Crippen MR) is 105 cm³/mol. The molecule has 1 aromatic carbocycles. The molecule has 1 fully saturated rings. The number of rotatable bonds is 6. The third-order valence-corrected chi connectivity index (χ3v) is 7.17. The molecule has 1 heterocycles. The van der Waals surface area contributed by atoms with Crippen molar-refractivity contribution < 1.29 is 17.3 Å². The summed E-state index contributed by atoms with van der Waals surface area (Å²) in [6.45, 7) is 3.29. The normalized spacial score (nSPS) is 17.0. The Morgan fingerprint density at radius 2 is 2.04 bits per heavy atom. The monoisotopic (exact) mass is 427 g/mol. The van der Waals surface area contributed by atoms with Crippen LogP contribution in [0.3, 0.4) is 0 Å². The Bertz CT molecular complexity index is 996. The van der Waals surface area contributed by atoms with Gasteiger partial charge in [0.05, 0.1) is 27.6 Å². The Morgan fingerprint density at radius 1 is 1.36 bits per heavy atom. The molecule has 9 heteroatoms. The molecule has 3 rings (SSSR count). The van der Waals surface area contributed by atoms with Gasteiger partial charge in [-0.1, -0.05) is 30.6 Å². The maximum atomic E-state index is 14.6. The van der Waals surface area contributed by atoms with Crippen molar-refractivity contribution in [2.45, 2.75) is 56.4 Å². The standard InChI is InChI=1S/C19H23ClFN3O3S/c1-3-28(25,26)13-8-9-14(15(20)10-13)18-23-19(27-24-18)11(2)17(22)16(21)12-6-4-5-7-12/h8-11,17H,3-7,22H2,1-2H3/t11-,17-/m0/s1. The third kappa shape index (κ3) is 4.14. The topological polar surface area (TPSA) is 99.1 Å². The minimum atomic E-state index is -3.37. The fourth-order valence-electron chi connectivity index (χ4n) is 3.22. The Balaban J connectivity index is 1.85. The molecule has 0 radical (unpaired) electrons. The highest BCUT2D eigenvalue weighted by Crippen LogP contribution is 2.33. The van der Waals surface area contributed by atoms with Crippen LogP contribution in [0.25, 0.3) is 11.4 Å². The molecular weight excluding hydrogens is 405 g/mol. The van der Waals surface area contributed by atoms with E-state index in [1.54, 1.807) is 13.8 Å². The molecular formula is C19H23ClFN3O3S. The van der Waals surface area contributed by atoms with E-state index in [0.29, 0.717) is 5.56 Å². The lowest BCUT2D eigenvalue weighted by Gasteiger charge is -2.16. The maximum absolute atomic E-state index is 14.6. The molecule has 2 N–H and O–H groups in total. The van der Waals surface area contributed by atoms with Crippen molar-refractivity contribution in [2.24, 2.45) is 5.73 Å². The second-order valence-electron chi connectivity index (χ2n) is 6.97. The van der Waals surface area contributed by atoms with Crippen molar-refractivity contribution >= 4 is 21.4 Å². The first-order valence-corrected chi connectivity index (χ1v) is 11.3. The first-order valence-electron chi connectivity index (χ1n) is 9.24. The zero-order valence-corrected chi connectivity index (χ0v) is 17.4. The summed E-state index contributed by atoms with van der Waals surface area (Å²) in [6.07, 6.45) is 3.45. The molecule has 0 aliphatic heterocycles. The predicted octanol–water partition coefficient (Wildman–Crippen LogP) is 4.41. The molecule has 0 unspecified atom stereocenters. The van der Waals surface area contributed by atoms with Crippen LogP contribution in [0.15, 0.2) is 39.0 Å². The lowest BCUT2D eigenvalue weighted by Crippen LogP contribution is -2.28. The molecule has 1 aliphatic carbocycles. The van der Waals surface area contributed by atoms with Crippen LogP contribution >= 0.6 is 11.6 Å². The highest BCUT2D eigenvalue weighted by atomic mass is 35.5. The summed E-state index contributed by atoms with van der Waals surface area (Å²) in [6, 6.07) is 3.50. The SMILES string of the molecule is CCS(=O)(=O)c1ccc(-c2noc([C@@H](C)[C@H](N)C(F)=C3CCCC3)n2)c(Cl)c1. The summed E-state index contributed by atoms with van der Waals surface area (Å²) in [5, 5.41) is 4.10. The van der Waals surface area contributed by atoms with E-state index < -0.39 is 21.8 Å². The van der Waals surface area contributed by atoms with Gasteiger partial charge in [-0.05, 0) is 49.5 Å². The van der Waals surface area contributed by atoms with E-state index in [1.807, 2.05) is 0 Å². The Kier molecular flexibility index (Phi) is 6.21. The van der Waals surface area contributed by atoms with Crippen LogP contribution in [0.4, 0.5) is 4.39 Å². The number of hydrogen-bond acceptors (Lipinski definition) is 6. The van der Waals surface area contributed by atoms with E-state index in [2.05, 4.69) is 10.1 Å². The highest BCUT2D eigenvalue weighted by molar-refractivity contribution is 7.91. The molecule has 0 saturated heterocycles. The van der Waals surface area contributed by atoms with E-state index in [0.717, 1.165) is 31.3 Å². The lowest BCUT2D eigenvalue weighted by molar-refractivity contribution is 0.338. The number of hydrogen-bond donors (Lipinski definition) is 1. The molecule has 152 valence electrons. The minimum Gasteiger partial charge on any atom is -0.339 e. The lowest BCUT2D eigenvalue weighted by atomic mass is 9.98. The van der Waals surface area contributed by atoms with Crippen molar-refractivity contribution in [3.8, 4) is 11.4 Å². The quantitative estimate of drug-likeness (QED) is 0.732. The molecule has 1 aliphatic rings. The van der Waals surface area contributed by atoms with Crippen LogP contribution in [0.1, 0.15) is 51.3 Å². The highest BCUT2D eigenvalue weighted by Gasteiger charge is 2.28. The van der Waals surface area contributed by atoms with Crippen LogP contribution in [-0.2, 0) is 9.84 Å². The number of halogens is 2. The molecule has 2 atom stereocenters. The average Bonchev–Trinajstić information content (AvgIpc) is 3.38. The number of nitrogens with zero attached hydrogens (tertiary/aromatic N) is 2. The Labute approximate surface area is 168 Å². The number of benzene rings is 1. The van der Waals surface area contributed by atoms with E-state index in [9.17, 15) is 12.8 Å².